The largest absolute Gasteiger partial charge is 0.388 e. The summed E-state index contributed by atoms with van der Waals surface area (Å²) in [5, 5.41) is 13.5. The van der Waals surface area contributed by atoms with Crippen molar-refractivity contribution in [3.05, 3.63) is 29.6 Å². The third kappa shape index (κ3) is 3.19. The molecule has 0 radical (unpaired) electrons. The van der Waals surface area contributed by atoms with Crippen LogP contribution in [0.25, 0.3) is 0 Å². The number of hydrogen-bond acceptors (Lipinski definition) is 2. The molecule has 0 bridgehead atoms. The third-order valence-corrected chi connectivity index (χ3v) is 3.59. The number of hydrogen-bond donors (Lipinski definition) is 2. The molecular weight excluding hydrogens is 217 g/mol. The first-order valence-electron chi connectivity index (χ1n) is 6.31. The molecule has 2 rings (SSSR count). The second-order valence-corrected chi connectivity index (χ2v) is 5.10. The van der Waals surface area contributed by atoms with Crippen molar-refractivity contribution in [2.24, 2.45) is 0 Å². The summed E-state index contributed by atoms with van der Waals surface area (Å²) in [5.41, 5.74) is 1.17. The van der Waals surface area contributed by atoms with Crippen LogP contribution in [-0.2, 0) is 0 Å². The maximum Gasteiger partial charge on any atom is 0.125 e. The van der Waals surface area contributed by atoms with Crippen molar-refractivity contribution < 1.29 is 9.50 Å². The van der Waals surface area contributed by atoms with Gasteiger partial charge < -0.3 is 10.4 Å². The maximum atomic E-state index is 13.1. The van der Waals surface area contributed by atoms with Gasteiger partial charge in [-0.2, -0.15) is 0 Å². The van der Waals surface area contributed by atoms with Gasteiger partial charge in [-0.15, -0.1) is 0 Å². The fourth-order valence-electron chi connectivity index (χ4n) is 2.43. The van der Waals surface area contributed by atoms with E-state index in [1.165, 1.54) is 18.6 Å². The van der Waals surface area contributed by atoms with E-state index in [4.69, 9.17) is 0 Å². The van der Waals surface area contributed by atoms with Crippen molar-refractivity contribution in [1.29, 1.82) is 0 Å². The van der Waals surface area contributed by atoms with E-state index in [9.17, 15) is 9.50 Å². The SMILES string of the molecule is Cc1ccc(F)cc1NCC1(O)CCCCC1. The standard InChI is InChI=1S/C14H20FNO/c1-11-5-6-12(15)9-13(11)16-10-14(17)7-3-2-4-8-14/h5-6,9,16-17H,2-4,7-8,10H2,1H3. The topological polar surface area (TPSA) is 32.3 Å². The molecule has 1 aromatic carbocycles. The van der Waals surface area contributed by atoms with Gasteiger partial charge in [-0.05, 0) is 37.5 Å². The van der Waals surface area contributed by atoms with Crippen LogP contribution in [0.15, 0.2) is 18.2 Å². The highest BCUT2D eigenvalue weighted by molar-refractivity contribution is 5.50. The summed E-state index contributed by atoms with van der Waals surface area (Å²) in [5.74, 6) is -0.242. The first-order valence-corrected chi connectivity index (χ1v) is 6.31. The Morgan fingerprint density at radius 1 is 1.29 bits per heavy atom. The molecule has 1 fully saturated rings. The minimum Gasteiger partial charge on any atom is -0.388 e. The quantitative estimate of drug-likeness (QED) is 0.845. The molecule has 0 aromatic heterocycles. The first-order chi connectivity index (χ1) is 8.09. The Kier molecular flexibility index (Phi) is 3.67. The lowest BCUT2D eigenvalue weighted by molar-refractivity contribution is 0.0167. The zero-order valence-corrected chi connectivity index (χ0v) is 10.3. The number of aliphatic hydroxyl groups is 1. The molecule has 2 nitrogen and oxygen atoms in total. The normalized spacial score (nSPS) is 19.0. The second-order valence-electron chi connectivity index (χ2n) is 5.10. The summed E-state index contributed by atoms with van der Waals surface area (Å²) in [6, 6.07) is 4.69. The maximum absolute atomic E-state index is 13.1. The van der Waals surface area contributed by atoms with E-state index in [-0.39, 0.29) is 5.82 Å². The molecule has 1 saturated carbocycles. The summed E-state index contributed by atoms with van der Waals surface area (Å²) < 4.78 is 13.1. The van der Waals surface area contributed by atoms with E-state index >= 15 is 0 Å². The first kappa shape index (κ1) is 12.4. The summed E-state index contributed by atoms with van der Waals surface area (Å²) in [7, 11) is 0. The Morgan fingerprint density at radius 3 is 2.71 bits per heavy atom. The molecular formula is C14H20FNO. The lowest BCUT2D eigenvalue weighted by atomic mass is 9.85. The number of rotatable bonds is 3. The Morgan fingerprint density at radius 2 is 2.00 bits per heavy atom. The van der Waals surface area contributed by atoms with E-state index in [0.717, 1.165) is 36.9 Å². The molecule has 1 aromatic rings. The minimum absolute atomic E-state index is 0.242. The molecule has 94 valence electrons. The van der Waals surface area contributed by atoms with Gasteiger partial charge in [0.25, 0.3) is 0 Å². The molecule has 3 heteroatoms. The lowest BCUT2D eigenvalue weighted by Crippen LogP contribution is -2.38. The fourth-order valence-corrected chi connectivity index (χ4v) is 2.43. The average Bonchev–Trinajstić information content (AvgIpc) is 2.31. The van der Waals surface area contributed by atoms with Crippen LogP contribution in [0.5, 0.6) is 0 Å². The number of aryl methyl sites for hydroxylation is 1. The van der Waals surface area contributed by atoms with Crippen molar-refractivity contribution in [3.63, 3.8) is 0 Å². The van der Waals surface area contributed by atoms with Crippen LogP contribution in [-0.4, -0.2) is 17.3 Å². The highest BCUT2D eigenvalue weighted by atomic mass is 19.1. The summed E-state index contributed by atoms with van der Waals surface area (Å²) in [6.45, 7) is 2.45. The number of nitrogens with one attached hydrogen (secondary N) is 1. The van der Waals surface area contributed by atoms with Gasteiger partial charge in [0.15, 0.2) is 0 Å². The number of halogens is 1. The number of anilines is 1. The molecule has 0 atom stereocenters. The minimum atomic E-state index is -0.614. The predicted molar refractivity (Wildman–Crippen MR) is 67.7 cm³/mol. The highest BCUT2D eigenvalue weighted by Crippen LogP contribution is 2.28. The van der Waals surface area contributed by atoms with Crippen LogP contribution in [0.1, 0.15) is 37.7 Å². The van der Waals surface area contributed by atoms with E-state index in [0.29, 0.717) is 6.54 Å². The van der Waals surface area contributed by atoms with Crippen molar-refractivity contribution >= 4 is 5.69 Å². The van der Waals surface area contributed by atoms with Gasteiger partial charge in [-0.1, -0.05) is 25.3 Å². The van der Waals surface area contributed by atoms with E-state index in [2.05, 4.69) is 5.32 Å². The molecule has 1 aliphatic carbocycles. The van der Waals surface area contributed by atoms with Crippen LogP contribution in [0, 0.1) is 12.7 Å². The van der Waals surface area contributed by atoms with Crippen LogP contribution in [0.4, 0.5) is 10.1 Å². The molecule has 0 amide bonds. The Labute approximate surface area is 102 Å². The molecule has 17 heavy (non-hydrogen) atoms. The van der Waals surface area contributed by atoms with Crippen molar-refractivity contribution in [1.82, 2.24) is 0 Å². The van der Waals surface area contributed by atoms with Gasteiger partial charge in [0.1, 0.15) is 5.82 Å². The molecule has 0 saturated heterocycles. The zero-order chi connectivity index (χ0) is 12.3. The Balaban J connectivity index is 1.99. The third-order valence-electron chi connectivity index (χ3n) is 3.59. The molecule has 0 spiro atoms. The van der Waals surface area contributed by atoms with Crippen LogP contribution < -0.4 is 5.32 Å². The molecule has 1 aliphatic rings. The van der Waals surface area contributed by atoms with Gasteiger partial charge in [-0.3, -0.25) is 0 Å². The smallest absolute Gasteiger partial charge is 0.125 e. The van der Waals surface area contributed by atoms with Gasteiger partial charge >= 0.3 is 0 Å². The highest BCUT2D eigenvalue weighted by Gasteiger charge is 2.28. The van der Waals surface area contributed by atoms with Crippen molar-refractivity contribution in [2.45, 2.75) is 44.6 Å². The summed E-state index contributed by atoms with van der Waals surface area (Å²) in [4.78, 5) is 0. The predicted octanol–water partition coefficient (Wildman–Crippen LogP) is 3.24. The van der Waals surface area contributed by atoms with Gasteiger partial charge in [0.05, 0.1) is 5.60 Å². The van der Waals surface area contributed by atoms with E-state index < -0.39 is 5.60 Å². The Bertz CT molecular complexity index is 386. The summed E-state index contributed by atoms with van der Waals surface area (Å²) >= 11 is 0. The second kappa shape index (κ2) is 5.05. The van der Waals surface area contributed by atoms with Crippen molar-refractivity contribution in [2.75, 3.05) is 11.9 Å². The van der Waals surface area contributed by atoms with Crippen LogP contribution in [0.2, 0.25) is 0 Å². The lowest BCUT2D eigenvalue weighted by Gasteiger charge is -2.32. The fraction of sp³-hybridized carbons (Fsp3) is 0.571. The Hall–Kier alpha value is -1.09. The van der Waals surface area contributed by atoms with Gasteiger partial charge in [0.2, 0.25) is 0 Å². The molecule has 0 unspecified atom stereocenters. The monoisotopic (exact) mass is 237 g/mol. The van der Waals surface area contributed by atoms with Crippen LogP contribution >= 0.6 is 0 Å². The average molecular weight is 237 g/mol. The van der Waals surface area contributed by atoms with E-state index in [1.807, 2.05) is 6.92 Å². The molecule has 0 heterocycles. The molecule has 0 aliphatic heterocycles. The summed E-state index contributed by atoms with van der Waals surface area (Å²) in [6.07, 6.45) is 5.06. The zero-order valence-electron chi connectivity index (χ0n) is 10.3. The van der Waals surface area contributed by atoms with Crippen LogP contribution in [0.3, 0.4) is 0 Å². The number of benzene rings is 1. The van der Waals surface area contributed by atoms with Gasteiger partial charge in [0, 0.05) is 12.2 Å². The van der Waals surface area contributed by atoms with Crippen molar-refractivity contribution in [3.8, 4) is 0 Å². The van der Waals surface area contributed by atoms with Gasteiger partial charge in [-0.25, -0.2) is 4.39 Å². The molecule has 2 N–H and O–H groups in total. The van der Waals surface area contributed by atoms with E-state index in [1.54, 1.807) is 6.07 Å².